The van der Waals surface area contributed by atoms with E-state index >= 15 is 0 Å². The third-order valence-corrected chi connectivity index (χ3v) is 3.77. The quantitative estimate of drug-likeness (QED) is 0.136. The van der Waals surface area contributed by atoms with Crippen LogP contribution in [0.2, 0.25) is 0 Å². The molecule has 126 valence electrons. The van der Waals surface area contributed by atoms with Crippen molar-refractivity contribution in [3.8, 4) is 0 Å². The molecule has 0 aromatic heterocycles. The van der Waals surface area contributed by atoms with E-state index in [4.69, 9.17) is 11.6 Å². The van der Waals surface area contributed by atoms with Crippen molar-refractivity contribution in [1.29, 1.82) is 0 Å². The van der Waals surface area contributed by atoms with Crippen LogP contribution >= 0.6 is 11.6 Å². The molecule has 0 aliphatic carbocycles. The molecule has 0 fully saturated rings. The molecule has 0 bridgehead atoms. The van der Waals surface area contributed by atoms with E-state index in [0.717, 1.165) is 12.8 Å². The highest BCUT2D eigenvalue weighted by molar-refractivity contribution is 6.61. The third kappa shape index (κ3) is 19.7. The van der Waals surface area contributed by atoms with Crippen LogP contribution in [0.25, 0.3) is 0 Å². The summed E-state index contributed by atoms with van der Waals surface area (Å²) in [6, 6.07) is 0. The molecule has 0 saturated carbocycles. The summed E-state index contributed by atoms with van der Waals surface area (Å²) < 4.78 is 0. The molecule has 0 aliphatic rings. The van der Waals surface area contributed by atoms with Gasteiger partial charge in [0.15, 0.2) is 0 Å². The fourth-order valence-electron chi connectivity index (χ4n) is 2.44. The number of carbonyl (C=O) groups excluding carboxylic acids is 1. The van der Waals surface area contributed by atoms with Crippen LogP contribution in [0.3, 0.4) is 0 Å². The van der Waals surface area contributed by atoms with Crippen LogP contribution in [0, 0.1) is 0 Å². The molecule has 0 amide bonds. The number of carbonyl (C=O) groups is 1. The zero-order valence-electron chi connectivity index (χ0n) is 13.7. The molecule has 0 spiro atoms. The molecular weight excluding hydrogens is 288 g/mol. The van der Waals surface area contributed by atoms with Gasteiger partial charge in [-0.15, -0.1) is 0 Å². The van der Waals surface area contributed by atoms with Crippen molar-refractivity contribution in [2.24, 2.45) is 0 Å². The predicted molar refractivity (Wildman–Crippen MR) is 88.6 cm³/mol. The number of rotatable bonds is 16. The van der Waals surface area contributed by atoms with Crippen molar-refractivity contribution >= 4 is 17.0 Å². The van der Waals surface area contributed by atoms with Gasteiger partial charge in [-0.3, -0.25) is 4.89 Å². The molecule has 0 unspecified atom stereocenters. The number of hydrogen-bond acceptors (Lipinski definition) is 3. The summed E-state index contributed by atoms with van der Waals surface area (Å²) in [6.07, 6.45) is 18.5. The van der Waals surface area contributed by atoms with Gasteiger partial charge in [-0.05, 0) is 6.42 Å². The monoisotopic (exact) mass is 320 g/mol. The number of hydrogen-bond donors (Lipinski definition) is 0. The Hall–Kier alpha value is -0.280. The lowest BCUT2D eigenvalue weighted by molar-refractivity contribution is -0.231. The second-order valence-corrected chi connectivity index (χ2v) is 6.05. The third-order valence-electron chi connectivity index (χ3n) is 3.71. The Balaban J connectivity index is 2.95. The lowest BCUT2D eigenvalue weighted by Gasteiger charge is -2.03. The van der Waals surface area contributed by atoms with Crippen LogP contribution in [-0.2, 0) is 9.78 Å². The summed E-state index contributed by atoms with van der Waals surface area (Å²) in [4.78, 5) is 19.0. The summed E-state index contributed by atoms with van der Waals surface area (Å²) in [5.74, 6) is 0. The van der Waals surface area contributed by atoms with Gasteiger partial charge in [0, 0.05) is 11.6 Å². The first-order valence-electron chi connectivity index (χ1n) is 8.76. The highest BCUT2D eigenvalue weighted by Crippen LogP contribution is 2.12. The summed E-state index contributed by atoms with van der Waals surface area (Å²) in [5.41, 5.74) is -0.902. The molecule has 0 radical (unpaired) electrons. The minimum Gasteiger partial charge on any atom is -0.280 e. The van der Waals surface area contributed by atoms with E-state index in [2.05, 4.69) is 16.7 Å². The van der Waals surface area contributed by atoms with Crippen LogP contribution in [0.5, 0.6) is 0 Å². The molecule has 0 aromatic rings. The second-order valence-electron chi connectivity index (χ2n) is 5.74. The van der Waals surface area contributed by atoms with Crippen LogP contribution in [0.4, 0.5) is 4.79 Å². The maximum Gasteiger partial charge on any atom is 0.435 e. The summed E-state index contributed by atoms with van der Waals surface area (Å²) in [7, 11) is 0. The van der Waals surface area contributed by atoms with Crippen LogP contribution in [-0.4, -0.2) is 12.0 Å². The topological polar surface area (TPSA) is 35.5 Å². The molecule has 0 aromatic carbocycles. The van der Waals surface area contributed by atoms with Gasteiger partial charge in [-0.2, -0.15) is 4.89 Å². The van der Waals surface area contributed by atoms with Gasteiger partial charge in [0.05, 0.1) is 6.61 Å². The fraction of sp³-hybridized carbons (Fsp3) is 0.941. The maximum absolute atomic E-state index is 10.2. The average molecular weight is 321 g/mol. The standard InChI is InChI=1S/C17H33ClO3/c1-2-3-4-5-6-7-8-9-10-11-12-13-14-15-16-20-21-17(18)19/h2-16H2,1H3. The van der Waals surface area contributed by atoms with Gasteiger partial charge >= 0.3 is 5.43 Å². The minimum absolute atomic E-state index is 0.441. The maximum atomic E-state index is 10.2. The van der Waals surface area contributed by atoms with Crippen LogP contribution in [0.1, 0.15) is 96.8 Å². The Labute approximate surface area is 135 Å². The Kier molecular flexibility index (Phi) is 17.5. The lowest BCUT2D eigenvalue weighted by Crippen LogP contribution is -1.98. The van der Waals surface area contributed by atoms with Crippen molar-refractivity contribution in [1.82, 2.24) is 0 Å². The first kappa shape index (κ1) is 20.7. The molecule has 21 heavy (non-hydrogen) atoms. The second kappa shape index (κ2) is 17.8. The molecule has 0 saturated heterocycles. The Morgan fingerprint density at radius 2 is 1.10 bits per heavy atom. The van der Waals surface area contributed by atoms with E-state index < -0.39 is 5.43 Å². The molecule has 0 N–H and O–H groups in total. The van der Waals surface area contributed by atoms with Crippen LogP contribution < -0.4 is 0 Å². The van der Waals surface area contributed by atoms with Gasteiger partial charge < -0.3 is 0 Å². The largest absolute Gasteiger partial charge is 0.435 e. The van der Waals surface area contributed by atoms with Crippen molar-refractivity contribution in [3.05, 3.63) is 0 Å². The van der Waals surface area contributed by atoms with E-state index in [9.17, 15) is 4.79 Å². The van der Waals surface area contributed by atoms with Gasteiger partial charge in [0.25, 0.3) is 0 Å². The van der Waals surface area contributed by atoms with Crippen molar-refractivity contribution in [2.75, 3.05) is 6.61 Å². The van der Waals surface area contributed by atoms with Crippen molar-refractivity contribution < 1.29 is 14.6 Å². The van der Waals surface area contributed by atoms with Crippen molar-refractivity contribution in [2.45, 2.75) is 96.8 Å². The molecule has 4 heteroatoms. The first-order valence-corrected chi connectivity index (χ1v) is 9.14. The van der Waals surface area contributed by atoms with E-state index in [1.165, 1.54) is 77.0 Å². The van der Waals surface area contributed by atoms with E-state index in [1.54, 1.807) is 0 Å². The molecule has 0 heterocycles. The van der Waals surface area contributed by atoms with Gasteiger partial charge in [-0.1, -0.05) is 90.4 Å². The van der Waals surface area contributed by atoms with Gasteiger partial charge in [0.1, 0.15) is 0 Å². The zero-order chi connectivity index (χ0) is 15.6. The molecule has 0 aliphatic heterocycles. The number of unbranched alkanes of at least 4 members (excludes halogenated alkanes) is 13. The summed E-state index contributed by atoms with van der Waals surface area (Å²) >= 11 is 4.96. The highest BCUT2D eigenvalue weighted by Gasteiger charge is 1.97. The predicted octanol–water partition coefficient (Wildman–Crippen LogP) is 6.77. The zero-order valence-corrected chi connectivity index (χ0v) is 14.5. The molecular formula is C17H33ClO3. The Bertz CT molecular complexity index is 222. The first-order chi connectivity index (χ1) is 10.3. The van der Waals surface area contributed by atoms with E-state index in [0.29, 0.717) is 6.61 Å². The van der Waals surface area contributed by atoms with Gasteiger partial charge in [0.2, 0.25) is 0 Å². The normalized spacial score (nSPS) is 10.8. The smallest absolute Gasteiger partial charge is 0.280 e. The molecule has 3 nitrogen and oxygen atoms in total. The summed E-state index contributed by atoms with van der Waals surface area (Å²) in [5, 5.41) is 0. The van der Waals surface area contributed by atoms with E-state index in [1.807, 2.05) is 0 Å². The highest BCUT2D eigenvalue weighted by atomic mass is 35.5. The van der Waals surface area contributed by atoms with Crippen LogP contribution in [0.15, 0.2) is 0 Å². The fourth-order valence-corrected chi connectivity index (χ4v) is 2.49. The summed E-state index contributed by atoms with van der Waals surface area (Å²) in [6.45, 7) is 2.71. The molecule has 0 atom stereocenters. The Morgan fingerprint density at radius 1 is 0.714 bits per heavy atom. The number of halogens is 1. The molecule has 0 rings (SSSR count). The minimum atomic E-state index is -0.902. The Morgan fingerprint density at radius 3 is 1.48 bits per heavy atom. The van der Waals surface area contributed by atoms with Crippen molar-refractivity contribution in [3.63, 3.8) is 0 Å². The van der Waals surface area contributed by atoms with E-state index in [-0.39, 0.29) is 0 Å². The lowest BCUT2D eigenvalue weighted by atomic mass is 10.0. The average Bonchev–Trinajstić information content (AvgIpc) is 2.46. The van der Waals surface area contributed by atoms with Gasteiger partial charge in [-0.25, -0.2) is 4.79 Å². The SMILES string of the molecule is CCCCCCCCCCCCCCCCOOC(=O)Cl.